The van der Waals surface area contributed by atoms with Crippen LogP contribution in [0.2, 0.25) is 0 Å². The number of carbonyl (C=O) groups is 2. The molecule has 0 bridgehead atoms. The molecule has 1 aromatic carbocycles. The summed E-state index contributed by atoms with van der Waals surface area (Å²) in [5.74, 6) is -0.556. The summed E-state index contributed by atoms with van der Waals surface area (Å²) in [6.45, 7) is 7.70. The van der Waals surface area contributed by atoms with Crippen LogP contribution in [0.3, 0.4) is 0 Å². The van der Waals surface area contributed by atoms with Crippen LogP contribution in [0.25, 0.3) is 0 Å². The molecule has 2 unspecified atom stereocenters. The third-order valence-corrected chi connectivity index (χ3v) is 4.87. The van der Waals surface area contributed by atoms with Gasteiger partial charge in [-0.25, -0.2) is 0 Å². The maximum atomic E-state index is 12.8. The van der Waals surface area contributed by atoms with Crippen LogP contribution in [-0.4, -0.2) is 25.0 Å². The maximum absolute atomic E-state index is 12.8. The van der Waals surface area contributed by atoms with E-state index in [0.717, 1.165) is 29.9 Å². The molecule has 5 nitrogen and oxygen atoms in total. The predicted octanol–water partition coefficient (Wildman–Crippen LogP) is 3.47. The Hall–Kier alpha value is -2.56. The molecule has 0 saturated heterocycles. The summed E-state index contributed by atoms with van der Waals surface area (Å²) in [6.07, 6.45) is 1.88. The van der Waals surface area contributed by atoms with Gasteiger partial charge in [-0.1, -0.05) is 18.7 Å². The quantitative estimate of drug-likeness (QED) is 0.838. The normalized spacial score (nSPS) is 22.8. The Bertz CT molecular complexity index is 761. The molecule has 0 saturated carbocycles. The fourth-order valence-corrected chi connectivity index (χ4v) is 3.75. The summed E-state index contributed by atoms with van der Waals surface area (Å²) in [5.41, 5.74) is 3.06. The summed E-state index contributed by atoms with van der Waals surface area (Å²) in [7, 11) is 1.61. The first-order chi connectivity index (χ1) is 12.4. The highest BCUT2D eigenvalue weighted by Gasteiger charge is 2.44. The second kappa shape index (κ2) is 7.36. The molecule has 1 aliphatic carbocycles. The zero-order chi connectivity index (χ0) is 18.8. The molecule has 0 amide bonds. The Morgan fingerprint density at radius 1 is 1.23 bits per heavy atom. The van der Waals surface area contributed by atoms with E-state index in [0.29, 0.717) is 17.7 Å². The van der Waals surface area contributed by atoms with Crippen molar-refractivity contribution in [3.8, 4) is 5.75 Å². The Balaban J connectivity index is 2.09. The second-order valence-corrected chi connectivity index (χ2v) is 7.03. The number of esters is 1. The van der Waals surface area contributed by atoms with E-state index in [2.05, 4.69) is 11.9 Å². The minimum Gasteiger partial charge on any atom is -0.497 e. The van der Waals surface area contributed by atoms with E-state index in [4.69, 9.17) is 9.47 Å². The largest absolute Gasteiger partial charge is 0.497 e. The molecule has 138 valence electrons. The molecule has 1 aromatic rings. The van der Waals surface area contributed by atoms with Crippen LogP contribution in [0.15, 0.2) is 47.8 Å². The van der Waals surface area contributed by atoms with Gasteiger partial charge in [0.2, 0.25) is 0 Å². The molecular formula is C21H25NO4. The molecule has 2 atom stereocenters. The first-order valence-corrected chi connectivity index (χ1v) is 8.99. The van der Waals surface area contributed by atoms with Crippen LogP contribution in [0, 0.1) is 5.92 Å². The van der Waals surface area contributed by atoms with E-state index >= 15 is 0 Å². The number of nitrogens with one attached hydrogen (secondary N) is 1. The Kier molecular flexibility index (Phi) is 5.16. The van der Waals surface area contributed by atoms with Gasteiger partial charge in [-0.3, -0.25) is 9.59 Å². The molecule has 0 radical (unpaired) electrons. The minimum absolute atomic E-state index is 0.0921. The van der Waals surface area contributed by atoms with Crippen molar-refractivity contribution < 1.29 is 19.1 Å². The number of methoxy groups -OCH3 is 1. The van der Waals surface area contributed by atoms with E-state index in [9.17, 15) is 9.59 Å². The minimum atomic E-state index is -0.633. The number of Topliss-reactive ketones (excluding diaryl/α,β-unsaturated/α-hetero) is 1. The molecule has 1 N–H and O–H groups in total. The van der Waals surface area contributed by atoms with Crippen LogP contribution in [0.1, 0.15) is 44.6 Å². The highest BCUT2D eigenvalue weighted by Crippen LogP contribution is 2.44. The molecule has 0 aromatic heterocycles. The van der Waals surface area contributed by atoms with Gasteiger partial charge in [0.15, 0.2) is 5.78 Å². The number of carbonyl (C=O) groups excluding carboxylic acids is 2. The molecule has 2 aliphatic rings. The van der Waals surface area contributed by atoms with Gasteiger partial charge in [-0.05, 0) is 44.4 Å². The van der Waals surface area contributed by atoms with Crippen LogP contribution in [0.4, 0.5) is 0 Å². The maximum Gasteiger partial charge on any atom is 0.316 e. The number of ether oxygens (including phenoxy) is 2. The molecule has 3 rings (SSSR count). The summed E-state index contributed by atoms with van der Waals surface area (Å²) in [6, 6.07) is 7.51. The number of ketones is 1. The summed E-state index contributed by atoms with van der Waals surface area (Å²) < 4.78 is 10.7. The van der Waals surface area contributed by atoms with Gasteiger partial charge in [0.05, 0.1) is 13.2 Å². The monoisotopic (exact) mass is 355 g/mol. The van der Waals surface area contributed by atoms with Crippen molar-refractivity contribution in [2.75, 3.05) is 7.11 Å². The van der Waals surface area contributed by atoms with Crippen molar-refractivity contribution >= 4 is 11.8 Å². The van der Waals surface area contributed by atoms with E-state index < -0.39 is 5.92 Å². The highest BCUT2D eigenvalue weighted by atomic mass is 16.5. The first-order valence-electron chi connectivity index (χ1n) is 8.99. The van der Waals surface area contributed by atoms with E-state index in [1.54, 1.807) is 7.11 Å². The predicted molar refractivity (Wildman–Crippen MR) is 98.6 cm³/mol. The van der Waals surface area contributed by atoms with Crippen molar-refractivity contribution in [3.63, 3.8) is 0 Å². The van der Waals surface area contributed by atoms with Crippen molar-refractivity contribution in [3.05, 3.63) is 53.4 Å². The number of allylic oxidation sites excluding steroid dienone is 2. The standard InChI is InChI=1S/C21H25NO4/c1-12(2)26-21(24)18-13(3)22-16-6-5-7-17(23)20(16)19(18)14-8-10-15(25-4)11-9-14/h8-12,18-19,22H,3,5-7H2,1-2,4H3. The van der Waals surface area contributed by atoms with Crippen LogP contribution in [0.5, 0.6) is 5.75 Å². The molecule has 1 aliphatic heterocycles. The van der Waals surface area contributed by atoms with Crippen LogP contribution in [-0.2, 0) is 14.3 Å². The number of hydrogen-bond acceptors (Lipinski definition) is 5. The zero-order valence-electron chi connectivity index (χ0n) is 15.5. The second-order valence-electron chi connectivity index (χ2n) is 7.03. The van der Waals surface area contributed by atoms with E-state index in [1.807, 2.05) is 38.1 Å². The topological polar surface area (TPSA) is 64.6 Å². The van der Waals surface area contributed by atoms with Gasteiger partial charge in [-0.2, -0.15) is 0 Å². The molecule has 0 fully saturated rings. The summed E-state index contributed by atoms with van der Waals surface area (Å²) in [4.78, 5) is 25.6. The fraction of sp³-hybridized carbons (Fsp3) is 0.429. The third kappa shape index (κ3) is 3.39. The van der Waals surface area contributed by atoms with Crippen molar-refractivity contribution in [1.82, 2.24) is 5.32 Å². The van der Waals surface area contributed by atoms with Gasteiger partial charge in [0, 0.05) is 29.3 Å². The Morgan fingerprint density at radius 2 is 1.92 bits per heavy atom. The van der Waals surface area contributed by atoms with Gasteiger partial charge in [0.25, 0.3) is 0 Å². The molecule has 26 heavy (non-hydrogen) atoms. The molecule has 5 heteroatoms. The smallest absolute Gasteiger partial charge is 0.316 e. The molecule has 0 spiro atoms. The van der Waals surface area contributed by atoms with Crippen LogP contribution >= 0.6 is 0 Å². The molecule has 1 heterocycles. The summed E-state index contributed by atoms with van der Waals surface area (Å²) in [5, 5.41) is 3.21. The number of benzene rings is 1. The van der Waals surface area contributed by atoms with Gasteiger partial charge >= 0.3 is 5.97 Å². The molecular weight excluding hydrogens is 330 g/mol. The van der Waals surface area contributed by atoms with Crippen molar-refractivity contribution in [2.24, 2.45) is 5.92 Å². The lowest BCUT2D eigenvalue weighted by Crippen LogP contribution is -2.41. The Labute approximate surface area is 154 Å². The lowest BCUT2D eigenvalue weighted by Gasteiger charge is -2.38. The number of rotatable bonds is 4. The lowest BCUT2D eigenvalue weighted by molar-refractivity contribution is -0.151. The SMILES string of the molecule is C=C1NC2=C(C(=O)CCC2)C(c2ccc(OC)cc2)C1C(=O)OC(C)C. The Morgan fingerprint density at radius 3 is 2.54 bits per heavy atom. The fourth-order valence-electron chi connectivity index (χ4n) is 3.75. The van der Waals surface area contributed by atoms with Gasteiger partial charge < -0.3 is 14.8 Å². The third-order valence-electron chi connectivity index (χ3n) is 4.87. The highest BCUT2D eigenvalue weighted by molar-refractivity contribution is 6.00. The average molecular weight is 355 g/mol. The van der Waals surface area contributed by atoms with Gasteiger partial charge in [0.1, 0.15) is 11.7 Å². The zero-order valence-corrected chi connectivity index (χ0v) is 15.5. The van der Waals surface area contributed by atoms with Crippen LogP contribution < -0.4 is 10.1 Å². The average Bonchev–Trinajstić information content (AvgIpc) is 2.60. The first kappa shape index (κ1) is 18.2. The van der Waals surface area contributed by atoms with E-state index in [1.165, 1.54) is 0 Å². The van der Waals surface area contributed by atoms with Crippen molar-refractivity contribution in [2.45, 2.75) is 45.1 Å². The van der Waals surface area contributed by atoms with E-state index in [-0.39, 0.29) is 23.8 Å². The van der Waals surface area contributed by atoms with Gasteiger partial charge in [-0.15, -0.1) is 0 Å². The number of hydrogen-bond donors (Lipinski definition) is 1. The van der Waals surface area contributed by atoms with Crippen molar-refractivity contribution in [1.29, 1.82) is 0 Å². The lowest BCUT2D eigenvalue weighted by atomic mass is 9.71. The summed E-state index contributed by atoms with van der Waals surface area (Å²) >= 11 is 0.